The summed E-state index contributed by atoms with van der Waals surface area (Å²) in [6.45, 7) is 4.20. The number of hydrogen-bond donors (Lipinski definition) is 0. The van der Waals surface area contributed by atoms with E-state index in [0.29, 0.717) is 12.1 Å². The van der Waals surface area contributed by atoms with E-state index in [1.165, 1.54) is 5.56 Å². The van der Waals surface area contributed by atoms with Crippen LogP contribution < -0.4 is 9.80 Å². The summed E-state index contributed by atoms with van der Waals surface area (Å²) in [5, 5.41) is 9.24. The summed E-state index contributed by atoms with van der Waals surface area (Å²) in [7, 11) is 0. The number of fused-ring (bicyclic) bond motifs is 1. The van der Waals surface area contributed by atoms with Crippen LogP contribution in [0.2, 0.25) is 0 Å². The fourth-order valence-electron chi connectivity index (χ4n) is 3.44. The third-order valence-corrected chi connectivity index (χ3v) is 5.25. The smallest absolute Gasteiger partial charge is 0.225 e. The average molecular weight is 302 g/mol. The van der Waals surface area contributed by atoms with Crippen molar-refractivity contribution in [2.75, 3.05) is 22.9 Å². The van der Waals surface area contributed by atoms with Crippen LogP contribution >= 0.6 is 11.3 Å². The van der Waals surface area contributed by atoms with Crippen LogP contribution in [0.3, 0.4) is 0 Å². The van der Waals surface area contributed by atoms with Crippen molar-refractivity contribution in [1.29, 1.82) is 0 Å². The van der Waals surface area contributed by atoms with Gasteiger partial charge in [0.05, 0.1) is 12.1 Å². The van der Waals surface area contributed by atoms with Crippen LogP contribution in [-0.4, -0.2) is 45.3 Å². The van der Waals surface area contributed by atoms with Crippen molar-refractivity contribution in [2.24, 2.45) is 0 Å². The summed E-state index contributed by atoms with van der Waals surface area (Å²) in [4.78, 5) is 13.9. The molecule has 0 N–H and O–H groups in total. The van der Waals surface area contributed by atoms with Crippen molar-refractivity contribution in [3.8, 4) is 0 Å². The Hall–Kier alpha value is -1.76. The highest BCUT2D eigenvalue weighted by Gasteiger charge is 2.44. The molecule has 0 bridgehead atoms. The molecule has 110 valence electrons. The number of anilines is 2. The number of aryl methyl sites for hydroxylation is 1. The third kappa shape index (κ3) is 2.16. The molecule has 2 fully saturated rings. The van der Waals surface area contributed by atoms with Gasteiger partial charge in [0.15, 0.2) is 0 Å². The fourth-order valence-corrected chi connectivity index (χ4v) is 4.09. The normalized spacial score (nSPS) is 24.6. The van der Waals surface area contributed by atoms with E-state index < -0.39 is 0 Å². The van der Waals surface area contributed by atoms with Gasteiger partial charge in [0.1, 0.15) is 5.51 Å². The van der Waals surface area contributed by atoms with E-state index in [1.807, 2.05) is 17.9 Å². The highest BCUT2D eigenvalue weighted by Crippen LogP contribution is 2.36. The van der Waals surface area contributed by atoms with Gasteiger partial charge in [-0.15, -0.1) is 10.2 Å². The van der Waals surface area contributed by atoms with Crippen LogP contribution in [0.15, 0.2) is 17.9 Å². The molecule has 7 heteroatoms. The van der Waals surface area contributed by atoms with Gasteiger partial charge in [-0.25, -0.2) is 9.97 Å². The molecule has 2 saturated heterocycles. The lowest BCUT2D eigenvalue weighted by Gasteiger charge is -2.25. The lowest BCUT2D eigenvalue weighted by Crippen LogP contribution is -2.37. The van der Waals surface area contributed by atoms with Crippen LogP contribution in [0.1, 0.15) is 25.3 Å². The van der Waals surface area contributed by atoms with E-state index in [0.717, 1.165) is 43.4 Å². The first-order chi connectivity index (χ1) is 10.4. The molecule has 0 aliphatic carbocycles. The minimum absolute atomic E-state index is 0.501. The first-order valence-corrected chi connectivity index (χ1v) is 8.35. The summed E-state index contributed by atoms with van der Waals surface area (Å²) in [6.07, 6.45) is 7.17. The van der Waals surface area contributed by atoms with Crippen molar-refractivity contribution >= 4 is 22.4 Å². The van der Waals surface area contributed by atoms with Gasteiger partial charge < -0.3 is 9.80 Å². The second-order valence-corrected chi connectivity index (χ2v) is 6.38. The van der Waals surface area contributed by atoms with Gasteiger partial charge in [0.2, 0.25) is 11.1 Å². The van der Waals surface area contributed by atoms with E-state index in [1.54, 1.807) is 11.3 Å². The number of rotatable bonds is 3. The zero-order valence-corrected chi connectivity index (χ0v) is 12.8. The standard InChI is InChI=1S/C14H18N6S/c1-2-10-7-15-13(16-8-10)19-5-3-12-11(19)4-6-20(12)14-18-17-9-21-14/h7-9,11-12H,2-6H2,1H3/t11-,12+/m0/s1. The Balaban J connectivity index is 1.55. The molecule has 2 aliphatic rings. The van der Waals surface area contributed by atoms with Crippen LogP contribution in [0, 0.1) is 0 Å². The van der Waals surface area contributed by atoms with Crippen molar-refractivity contribution in [3.63, 3.8) is 0 Å². The second-order valence-electron chi connectivity index (χ2n) is 5.57. The van der Waals surface area contributed by atoms with Gasteiger partial charge in [-0.05, 0) is 24.8 Å². The predicted octanol–water partition coefficient (Wildman–Crippen LogP) is 1.75. The molecule has 2 aromatic heterocycles. The van der Waals surface area contributed by atoms with E-state index in [4.69, 9.17) is 0 Å². The molecule has 2 aliphatic heterocycles. The maximum Gasteiger partial charge on any atom is 0.225 e. The topological polar surface area (TPSA) is 58.0 Å². The first kappa shape index (κ1) is 12.9. The molecule has 21 heavy (non-hydrogen) atoms. The molecule has 0 spiro atoms. The fraction of sp³-hybridized carbons (Fsp3) is 0.571. The Labute approximate surface area is 127 Å². The van der Waals surface area contributed by atoms with E-state index in [2.05, 4.69) is 36.9 Å². The Kier molecular flexibility index (Phi) is 3.21. The highest BCUT2D eigenvalue weighted by atomic mass is 32.1. The minimum Gasteiger partial charge on any atom is -0.341 e. The predicted molar refractivity (Wildman–Crippen MR) is 82.8 cm³/mol. The molecule has 6 nitrogen and oxygen atoms in total. The molecule has 0 amide bonds. The lowest BCUT2D eigenvalue weighted by atomic mass is 10.1. The molecule has 0 aromatic carbocycles. The zero-order chi connectivity index (χ0) is 14.2. The highest BCUT2D eigenvalue weighted by molar-refractivity contribution is 7.13. The Morgan fingerprint density at radius 2 is 1.86 bits per heavy atom. The van der Waals surface area contributed by atoms with E-state index in [-0.39, 0.29) is 0 Å². The van der Waals surface area contributed by atoms with Crippen molar-refractivity contribution < 1.29 is 0 Å². The summed E-state index contributed by atoms with van der Waals surface area (Å²) < 4.78 is 0. The molecule has 0 unspecified atom stereocenters. The van der Waals surface area contributed by atoms with E-state index in [9.17, 15) is 0 Å². The average Bonchev–Trinajstić information content (AvgIpc) is 3.24. The van der Waals surface area contributed by atoms with Gasteiger partial charge in [0.25, 0.3) is 0 Å². The number of aromatic nitrogens is 4. The largest absolute Gasteiger partial charge is 0.341 e. The molecule has 0 saturated carbocycles. The van der Waals surface area contributed by atoms with Crippen molar-refractivity contribution in [3.05, 3.63) is 23.5 Å². The quantitative estimate of drug-likeness (QED) is 0.861. The van der Waals surface area contributed by atoms with Crippen LogP contribution in [0.5, 0.6) is 0 Å². The summed E-state index contributed by atoms with van der Waals surface area (Å²) in [5.74, 6) is 0.874. The third-order valence-electron chi connectivity index (χ3n) is 4.53. The van der Waals surface area contributed by atoms with Crippen LogP contribution in [-0.2, 0) is 6.42 Å². The Bertz CT molecular complexity index is 598. The second kappa shape index (κ2) is 5.22. The SMILES string of the molecule is CCc1cnc(N2CC[C@@H]3[C@@H]2CCN3c2nncs2)nc1. The van der Waals surface area contributed by atoms with E-state index >= 15 is 0 Å². The Morgan fingerprint density at radius 3 is 2.52 bits per heavy atom. The van der Waals surface area contributed by atoms with Gasteiger partial charge >= 0.3 is 0 Å². The monoisotopic (exact) mass is 302 g/mol. The first-order valence-electron chi connectivity index (χ1n) is 7.47. The van der Waals surface area contributed by atoms with Gasteiger partial charge in [-0.1, -0.05) is 18.3 Å². The summed E-state index contributed by atoms with van der Waals surface area (Å²) in [6, 6.07) is 1.02. The minimum atomic E-state index is 0.501. The summed E-state index contributed by atoms with van der Waals surface area (Å²) in [5.41, 5.74) is 3.00. The molecular formula is C14H18N6S. The number of nitrogens with zero attached hydrogens (tertiary/aromatic N) is 6. The lowest BCUT2D eigenvalue weighted by molar-refractivity contribution is 0.636. The van der Waals surface area contributed by atoms with Crippen LogP contribution in [0.25, 0.3) is 0 Å². The van der Waals surface area contributed by atoms with Gasteiger partial charge in [0, 0.05) is 25.5 Å². The van der Waals surface area contributed by atoms with Gasteiger partial charge in [-0.2, -0.15) is 0 Å². The molecule has 2 aromatic rings. The molecule has 2 atom stereocenters. The molecular weight excluding hydrogens is 284 g/mol. The maximum atomic E-state index is 4.55. The zero-order valence-electron chi connectivity index (χ0n) is 12.0. The molecule has 4 rings (SSSR count). The van der Waals surface area contributed by atoms with Gasteiger partial charge in [-0.3, -0.25) is 0 Å². The molecule has 0 radical (unpaired) electrons. The van der Waals surface area contributed by atoms with Crippen LogP contribution in [0.4, 0.5) is 11.1 Å². The summed E-state index contributed by atoms with van der Waals surface area (Å²) >= 11 is 1.63. The maximum absolute atomic E-state index is 4.55. The van der Waals surface area contributed by atoms with Crippen molar-refractivity contribution in [1.82, 2.24) is 20.2 Å². The Morgan fingerprint density at radius 1 is 1.14 bits per heavy atom. The molecule has 4 heterocycles. The number of hydrogen-bond acceptors (Lipinski definition) is 7. The van der Waals surface area contributed by atoms with Crippen molar-refractivity contribution in [2.45, 2.75) is 38.3 Å².